The van der Waals surface area contributed by atoms with Gasteiger partial charge in [0.1, 0.15) is 63.2 Å². The lowest BCUT2D eigenvalue weighted by atomic mass is 9.74. The Morgan fingerprint density at radius 2 is 1.24 bits per heavy atom. The predicted octanol–water partition coefficient (Wildman–Crippen LogP) is 3.83. The molecule has 7 N–H and O–H groups in total. The first kappa shape index (κ1) is 25.8. The molecule has 0 bridgehead atoms. The number of phenolic OH excluding ortho intramolecular Hbond substituents is 6. The fourth-order valence-corrected chi connectivity index (χ4v) is 5.35. The van der Waals surface area contributed by atoms with Gasteiger partial charge in [0.2, 0.25) is 11.4 Å². The number of hydrogen-bond donors (Lipinski definition) is 7. The van der Waals surface area contributed by atoms with Crippen LogP contribution < -0.4 is 9.47 Å². The van der Waals surface area contributed by atoms with E-state index in [0.717, 1.165) is 18.2 Å². The highest BCUT2D eigenvalue weighted by Crippen LogP contribution is 2.57. The molecule has 41 heavy (non-hydrogen) atoms. The molecule has 2 aliphatic rings. The molecule has 208 valence electrons. The molecule has 11 nitrogen and oxygen atoms in total. The third-order valence-corrected chi connectivity index (χ3v) is 7.26. The number of Topliss-reactive ketones (excluding diaryl/α,β-unsaturated/α-hetero) is 2. The summed E-state index contributed by atoms with van der Waals surface area (Å²) in [6, 6.07) is 13.7. The summed E-state index contributed by atoms with van der Waals surface area (Å²) in [5.74, 6) is -5.34. The standard InChI is InChI=1S/C30H22O11/c31-15-5-1-13(2-6-15)22-12-20(36)24-19(35)11-21(37)26(27(24)40-22)30(39)28(38)25-18(34)9-17(33)10-23(25)41-29(30)14-3-7-16(32)8-4-14/h1-11,22,29,31-35,37,39H,12H2. The molecule has 4 aromatic carbocycles. The van der Waals surface area contributed by atoms with Gasteiger partial charge in [-0.25, -0.2) is 0 Å². The number of carbonyl (C=O) groups is 2. The van der Waals surface area contributed by atoms with Crippen LogP contribution in [0.3, 0.4) is 0 Å². The molecule has 0 amide bonds. The quantitative estimate of drug-likeness (QED) is 0.193. The minimum atomic E-state index is -2.88. The lowest BCUT2D eigenvalue weighted by molar-refractivity contribution is -0.0569. The summed E-state index contributed by atoms with van der Waals surface area (Å²) < 4.78 is 12.1. The van der Waals surface area contributed by atoms with E-state index < -0.39 is 69.2 Å². The lowest BCUT2D eigenvalue weighted by Crippen LogP contribution is -2.48. The SMILES string of the molecule is O=C1CC(c2ccc(O)cc2)Oc2c1c(O)cc(O)c2C1(O)C(=O)c2c(O)cc(O)cc2OC1c1ccc(O)cc1. The number of aromatic hydroxyl groups is 6. The molecular formula is C30H22O11. The summed E-state index contributed by atoms with van der Waals surface area (Å²) >= 11 is 0. The average Bonchev–Trinajstić information content (AvgIpc) is 2.91. The topological polar surface area (TPSA) is 194 Å². The molecule has 11 heteroatoms. The summed E-state index contributed by atoms with van der Waals surface area (Å²) in [5, 5.41) is 74.2. The van der Waals surface area contributed by atoms with Crippen LogP contribution in [0.25, 0.3) is 0 Å². The van der Waals surface area contributed by atoms with E-state index in [4.69, 9.17) is 9.47 Å². The zero-order valence-electron chi connectivity index (χ0n) is 21.0. The predicted molar refractivity (Wildman–Crippen MR) is 140 cm³/mol. The van der Waals surface area contributed by atoms with E-state index in [1.807, 2.05) is 0 Å². The maximum absolute atomic E-state index is 14.2. The number of phenols is 6. The van der Waals surface area contributed by atoms with Gasteiger partial charge in [-0.05, 0) is 35.4 Å². The van der Waals surface area contributed by atoms with Crippen molar-refractivity contribution in [3.8, 4) is 46.0 Å². The molecule has 2 aliphatic heterocycles. The molecule has 0 radical (unpaired) electrons. The summed E-state index contributed by atoms with van der Waals surface area (Å²) in [6.07, 6.45) is -2.91. The second-order valence-electron chi connectivity index (χ2n) is 9.84. The Hall–Kier alpha value is -5.42. The summed E-state index contributed by atoms with van der Waals surface area (Å²) in [4.78, 5) is 27.5. The van der Waals surface area contributed by atoms with E-state index in [9.17, 15) is 45.3 Å². The van der Waals surface area contributed by atoms with Gasteiger partial charge in [0.25, 0.3) is 0 Å². The van der Waals surface area contributed by atoms with Crippen molar-refractivity contribution in [2.75, 3.05) is 0 Å². The van der Waals surface area contributed by atoms with Gasteiger partial charge in [-0.1, -0.05) is 24.3 Å². The van der Waals surface area contributed by atoms with E-state index in [-0.39, 0.29) is 34.8 Å². The van der Waals surface area contributed by atoms with Gasteiger partial charge < -0.3 is 45.2 Å². The molecule has 0 saturated heterocycles. The van der Waals surface area contributed by atoms with Crippen LogP contribution in [0, 0.1) is 0 Å². The summed E-state index contributed by atoms with van der Waals surface area (Å²) in [7, 11) is 0. The molecule has 0 aromatic heterocycles. The van der Waals surface area contributed by atoms with Gasteiger partial charge in [0.15, 0.2) is 11.9 Å². The van der Waals surface area contributed by atoms with E-state index in [2.05, 4.69) is 0 Å². The van der Waals surface area contributed by atoms with Crippen LogP contribution in [0.4, 0.5) is 0 Å². The van der Waals surface area contributed by atoms with Crippen molar-refractivity contribution in [3.05, 3.63) is 94.5 Å². The highest BCUT2D eigenvalue weighted by atomic mass is 16.5. The maximum Gasteiger partial charge on any atom is 0.210 e. The van der Waals surface area contributed by atoms with Crippen LogP contribution in [-0.2, 0) is 5.60 Å². The third-order valence-electron chi connectivity index (χ3n) is 7.26. The van der Waals surface area contributed by atoms with Crippen LogP contribution in [0.1, 0.15) is 56.0 Å². The Labute approximate surface area is 231 Å². The average molecular weight is 558 g/mol. The molecule has 4 aromatic rings. The molecule has 3 unspecified atom stereocenters. The molecular weight excluding hydrogens is 536 g/mol. The van der Waals surface area contributed by atoms with Crippen LogP contribution in [0.5, 0.6) is 46.0 Å². The van der Waals surface area contributed by atoms with Gasteiger partial charge >= 0.3 is 0 Å². The number of benzene rings is 4. The molecule has 0 fully saturated rings. The van der Waals surface area contributed by atoms with Gasteiger partial charge in [0, 0.05) is 18.2 Å². The number of ketones is 2. The van der Waals surface area contributed by atoms with Crippen molar-refractivity contribution >= 4 is 11.6 Å². The molecule has 2 heterocycles. The van der Waals surface area contributed by atoms with E-state index in [0.29, 0.717) is 5.56 Å². The van der Waals surface area contributed by atoms with Gasteiger partial charge in [0.05, 0.1) is 12.0 Å². The van der Waals surface area contributed by atoms with Crippen molar-refractivity contribution in [2.24, 2.45) is 0 Å². The van der Waals surface area contributed by atoms with Gasteiger partial charge in [-0.15, -0.1) is 0 Å². The first-order valence-corrected chi connectivity index (χ1v) is 12.4. The van der Waals surface area contributed by atoms with E-state index in [1.165, 1.54) is 48.5 Å². The fraction of sp³-hybridized carbons (Fsp3) is 0.133. The summed E-state index contributed by atoms with van der Waals surface area (Å²) in [6.45, 7) is 0. The minimum Gasteiger partial charge on any atom is -0.508 e. The zero-order valence-corrected chi connectivity index (χ0v) is 21.0. The van der Waals surface area contributed by atoms with Crippen molar-refractivity contribution < 1.29 is 54.8 Å². The Kier molecular flexibility index (Phi) is 5.71. The number of ether oxygens (including phenoxy) is 2. The minimum absolute atomic E-state index is 0.0345. The van der Waals surface area contributed by atoms with E-state index in [1.54, 1.807) is 0 Å². The number of rotatable bonds is 3. The number of hydrogen-bond acceptors (Lipinski definition) is 11. The molecule has 6 rings (SSSR count). The van der Waals surface area contributed by atoms with Crippen LogP contribution in [0.2, 0.25) is 0 Å². The van der Waals surface area contributed by atoms with Crippen molar-refractivity contribution in [1.29, 1.82) is 0 Å². The number of aliphatic hydroxyl groups is 1. The second kappa shape index (κ2) is 9.07. The van der Waals surface area contributed by atoms with Crippen LogP contribution >= 0.6 is 0 Å². The van der Waals surface area contributed by atoms with Crippen molar-refractivity contribution in [2.45, 2.75) is 24.2 Å². The fourth-order valence-electron chi connectivity index (χ4n) is 5.35. The first-order chi connectivity index (χ1) is 19.5. The highest BCUT2D eigenvalue weighted by molar-refractivity contribution is 6.11. The number of fused-ring (bicyclic) bond motifs is 2. The smallest absolute Gasteiger partial charge is 0.210 e. The maximum atomic E-state index is 14.2. The van der Waals surface area contributed by atoms with Crippen LogP contribution in [-0.4, -0.2) is 47.3 Å². The number of carbonyl (C=O) groups excluding carboxylic acids is 2. The molecule has 0 saturated carbocycles. The monoisotopic (exact) mass is 558 g/mol. The Balaban J connectivity index is 1.62. The van der Waals surface area contributed by atoms with E-state index >= 15 is 0 Å². The first-order valence-electron chi connectivity index (χ1n) is 12.4. The second-order valence-corrected chi connectivity index (χ2v) is 9.84. The van der Waals surface area contributed by atoms with Gasteiger partial charge in [-0.2, -0.15) is 0 Å². The molecule has 0 spiro atoms. The third kappa shape index (κ3) is 3.94. The largest absolute Gasteiger partial charge is 0.508 e. The Morgan fingerprint density at radius 3 is 1.88 bits per heavy atom. The molecule has 0 aliphatic carbocycles. The van der Waals surface area contributed by atoms with Crippen LogP contribution in [0.15, 0.2) is 66.7 Å². The highest BCUT2D eigenvalue weighted by Gasteiger charge is 2.57. The lowest BCUT2D eigenvalue weighted by Gasteiger charge is -2.41. The summed E-state index contributed by atoms with van der Waals surface area (Å²) in [5.41, 5.74) is -3.81. The van der Waals surface area contributed by atoms with Crippen molar-refractivity contribution in [1.82, 2.24) is 0 Å². The zero-order chi connectivity index (χ0) is 29.2. The Bertz CT molecular complexity index is 1730. The Morgan fingerprint density at radius 1 is 0.659 bits per heavy atom. The van der Waals surface area contributed by atoms with Crippen molar-refractivity contribution in [3.63, 3.8) is 0 Å². The normalized spacial score (nSPS) is 21.4. The van der Waals surface area contributed by atoms with Gasteiger partial charge in [-0.3, -0.25) is 9.59 Å². The molecule has 3 atom stereocenters.